The molecule has 1 aliphatic heterocycles. The monoisotopic (exact) mass is 315 g/mol. The first-order chi connectivity index (χ1) is 11.3. The molecule has 0 bridgehead atoms. The molecule has 0 spiro atoms. The molecule has 2 heterocycles. The molecule has 0 N–H and O–H groups in total. The highest BCUT2D eigenvalue weighted by molar-refractivity contribution is 5.91. The third kappa shape index (κ3) is 3.53. The van der Waals surface area contributed by atoms with Gasteiger partial charge < -0.3 is 18.9 Å². The molecular weight excluding hydrogens is 298 g/mol. The van der Waals surface area contributed by atoms with E-state index in [4.69, 9.17) is 18.9 Å². The maximum absolute atomic E-state index is 12.2. The zero-order chi connectivity index (χ0) is 16.1. The average molecular weight is 315 g/mol. The number of nitrogens with zero attached hydrogens (tertiary/aromatic N) is 1. The molecular formula is C17H17NO5. The first-order valence-electron chi connectivity index (χ1n) is 7.41. The zero-order valence-electron chi connectivity index (χ0n) is 12.7. The number of carbonyl (C=O) groups excluding carboxylic acids is 1. The first-order valence-corrected chi connectivity index (χ1v) is 7.41. The number of fused-ring (bicyclic) bond motifs is 1. The Kier molecular flexibility index (Phi) is 4.61. The second-order valence-electron chi connectivity index (χ2n) is 4.89. The molecule has 0 radical (unpaired) electrons. The number of para-hydroxylation sites is 2. The smallest absolute Gasteiger partial charge is 0.343 e. The fraction of sp³-hybridized carbons (Fsp3) is 0.294. The number of esters is 1. The van der Waals surface area contributed by atoms with Crippen LogP contribution in [0.4, 0.5) is 0 Å². The van der Waals surface area contributed by atoms with E-state index in [1.54, 1.807) is 18.3 Å². The predicted molar refractivity (Wildman–Crippen MR) is 82.0 cm³/mol. The Morgan fingerprint density at radius 1 is 1.26 bits per heavy atom. The number of aromatic nitrogens is 1. The second kappa shape index (κ2) is 7.00. The number of pyridine rings is 1. The topological polar surface area (TPSA) is 66.9 Å². The fourth-order valence-corrected chi connectivity index (χ4v) is 2.19. The van der Waals surface area contributed by atoms with Crippen molar-refractivity contribution in [2.24, 2.45) is 0 Å². The largest absolute Gasteiger partial charge is 0.486 e. The average Bonchev–Trinajstić information content (AvgIpc) is 2.60. The van der Waals surface area contributed by atoms with Crippen molar-refractivity contribution in [2.75, 3.05) is 19.8 Å². The highest BCUT2D eigenvalue weighted by Crippen LogP contribution is 2.31. The maximum Gasteiger partial charge on any atom is 0.343 e. The number of carbonyl (C=O) groups is 1. The summed E-state index contributed by atoms with van der Waals surface area (Å²) in [5, 5.41) is 0. The number of hydrogen-bond acceptors (Lipinski definition) is 6. The summed E-state index contributed by atoms with van der Waals surface area (Å²) < 4.78 is 22.0. The van der Waals surface area contributed by atoms with Gasteiger partial charge in [-0.3, -0.25) is 0 Å². The molecule has 1 atom stereocenters. The molecule has 6 heteroatoms. The lowest BCUT2D eigenvalue weighted by molar-refractivity contribution is 0.0106. The van der Waals surface area contributed by atoms with E-state index in [2.05, 4.69) is 4.98 Å². The Balaban J connectivity index is 1.60. The Morgan fingerprint density at radius 3 is 2.91 bits per heavy atom. The van der Waals surface area contributed by atoms with Gasteiger partial charge >= 0.3 is 5.97 Å². The molecule has 0 saturated carbocycles. The van der Waals surface area contributed by atoms with Crippen molar-refractivity contribution < 1.29 is 23.7 Å². The summed E-state index contributed by atoms with van der Waals surface area (Å²) in [7, 11) is 0. The van der Waals surface area contributed by atoms with E-state index in [0.29, 0.717) is 30.3 Å². The minimum absolute atomic E-state index is 0.0909. The van der Waals surface area contributed by atoms with Gasteiger partial charge in [0.2, 0.25) is 5.88 Å². The van der Waals surface area contributed by atoms with Crippen LogP contribution in [0.1, 0.15) is 17.3 Å². The van der Waals surface area contributed by atoms with Crippen molar-refractivity contribution in [3.05, 3.63) is 48.2 Å². The molecule has 1 aliphatic rings. The van der Waals surface area contributed by atoms with Crippen LogP contribution in [0.3, 0.4) is 0 Å². The highest BCUT2D eigenvalue weighted by Gasteiger charge is 2.23. The molecule has 1 aromatic carbocycles. The lowest BCUT2D eigenvalue weighted by Crippen LogP contribution is -2.34. The number of rotatable bonds is 5. The van der Waals surface area contributed by atoms with Crippen LogP contribution in [0, 0.1) is 0 Å². The van der Waals surface area contributed by atoms with Gasteiger partial charge in [-0.1, -0.05) is 12.1 Å². The van der Waals surface area contributed by atoms with Gasteiger partial charge in [-0.25, -0.2) is 9.78 Å². The summed E-state index contributed by atoms with van der Waals surface area (Å²) in [5.41, 5.74) is 0.298. The van der Waals surface area contributed by atoms with Crippen LogP contribution in [0.25, 0.3) is 0 Å². The van der Waals surface area contributed by atoms with Gasteiger partial charge in [0.1, 0.15) is 18.8 Å². The standard InChI is InChI=1S/C17H17NO5/c1-2-20-16-13(6-5-9-18-16)17(19)22-11-12-10-21-14-7-3-4-8-15(14)23-12/h3-9,12H,2,10-11H2,1H3. The van der Waals surface area contributed by atoms with Gasteiger partial charge in [-0.05, 0) is 31.2 Å². The van der Waals surface area contributed by atoms with E-state index in [9.17, 15) is 4.79 Å². The third-order valence-electron chi connectivity index (χ3n) is 3.24. The van der Waals surface area contributed by atoms with Crippen LogP contribution < -0.4 is 14.2 Å². The molecule has 0 amide bonds. The van der Waals surface area contributed by atoms with E-state index in [1.807, 2.05) is 31.2 Å². The minimum atomic E-state index is -0.496. The molecule has 2 aromatic rings. The Hall–Kier alpha value is -2.76. The molecule has 3 rings (SSSR count). The van der Waals surface area contributed by atoms with Crippen molar-refractivity contribution in [2.45, 2.75) is 13.0 Å². The van der Waals surface area contributed by atoms with E-state index in [0.717, 1.165) is 0 Å². The van der Waals surface area contributed by atoms with Crippen LogP contribution >= 0.6 is 0 Å². The quantitative estimate of drug-likeness (QED) is 0.790. The Bertz CT molecular complexity index is 688. The van der Waals surface area contributed by atoms with Gasteiger partial charge in [-0.15, -0.1) is 0 Å². The van der Waals surface area contributed by atoms with Crippen LogP contribution in [-0.4, -0.2) is 36.9 Å². The molecule has 0 fully saturated rings. The van der Waals surface area contributed by atoms with Gasteiger partial charge in [-0.2, -0.15) is 0 Å². The summed E-state index contributed by atoms with van der Waals surface area (Å²) >= 11 is 0. The molecule has 6 nitrogen and oxygen atoms in total. The third-order valence-corrected chi connectivity index (χ3v) is 3.24. The molecule has 1 aromatic heterocycles. The van der Waals surface area contributed by atoms with Crippen molar-refractivity contribution >= 4 is 5.97 Å². The van der Waals surface area contributed by atoms with Crippen LogP contribution in [0.5, 0.6) is 17.4 Å². The van der Waals surface area contributed by atoms with Gasteiger partial charge in [0.25, 0.3) is 0 Å². The fourth-order valence-electron chi connectivity index (χ4n) is 2.19. The van der Waals surface area contributed by atoms with E-state index in [1.165, 1.54) is 0 Å². The summed E-state index contributed by atoms with van der Waals surface area (Å²) in [6, 6.07) is 10.7. The molecule has 0 aliphatic carbocycles. The summed E-state index contributed by atoms with van der Waals surface area (Å²) in [6.07, 6.45) is 1.22. The van der Waals surface area contributed by atoms with Crippen LogP contribution in [0.15, 0.2) is 42.6 Å². The van der Waals surface area contributed by atoms with E-state index < -0.39 is 5.97 Å². The highest BCUT2D eigenvalue weighted by atomic mass is 16.6. The predicted octanol–water partition coefficient (Wildman–Crippen LogP) is 2.48. The van der Waals surface area contributed by atoms with Gasteiger partial charge in [0, 0.05) is 6.20 Å². The molecule has 0 saturated heterocycles. The van der Waals surface area contributed by atoms with Gasteiger partial charge in [0.15, 0.2) is 17.6 Å². The lowest BCUT2D eigenvalue weighted by Gasteiger charge is -2.26. The summed E-state index contributed by atoms with van der Waals surface area (Å²) in [6.45, 7) is 2.67. The SMILES string of the molecule is CCOc1ncccc1C(=O)OCC1COc2ccccc2O1. The van der Waals surface area contributed by atoms with Crippen molar-refractivity contribution in [3.8, 4) is 17.4 Å². The first kappa shape index (κ1) is 15.1. The maximum atomic E-state index is 12.2. The lowest BCUT2D eigenvalue weighted by atomic mass is 10.2. The number of benzene rings is 1. The van der Waals surface area contributed by atoms with E-state index in [-0.39, 0.29) is 18.6 Å². The van der Waals surface area contributed by atoms with Crippen molar-refractivity contribution in [3.63, 3.8) is 0 Å². The Morgan fingerprint density at radius 2 is 2.09 bits per heavy atom. The molecule has 1 unspecified atom stereocenters. The van der Waals surface area contributed by atoms with Crippen molar-refractivity contribution in [1.82, 2.24) is 4.98 Å². The normalized spacial score (nSPS) is 15.8. The van der Waals surface area contributed by atoms with Gasteiger partial charge in [0.05, 0.1) is 6.61 Å². The van der Waals surface area contributed by atoms with Crippen LogP contribution in [0.2, 0.25) is 0 Å². The summed E-state index contributed by atoms with van der Waals surface area (Å²) in [5.74, 6) is 1.12. The summed E-state index contributed by atoms with van der Waals surface area (Å²) in [4.78, 5) is 16.2. The Labute approximate surface area is 134 Å². The molecule has 23 heavy (non-hydrogen) atoms. The van der Waals surface area contributed by atoms with Crippen molar-refractivity contribution in [1.29, 1.82) is 0 Å². The van der Waals surface area contributed by atoms with Crippen LogP contribution in [-0.2, 0) is 4.74 Å². The number of hydrogen-bond donors (Lipinski definition) is 0. The minimum Gasteiger partial charge on any atom is -0.486 e. The second-order valence-corrected chi connectivity index (χ2v) is 4.89. The zero-order valence-corrected chi connectivity index (χ0v) is 12.7. The number of ether oxygens (including phenoxy) is 4. The van der Waals surface area contributed by atoms with E-state index >= 15 is 0 Å². The molecule has 120 valence electrons.